The van der Waals surface area contributed by atoms with Crippen molar-refractivity contribution in [2.24, 2.45) is 5.10 Å². The summed E-state index contributed by atoms with van der Waals surface area (Å²) in [5, 5.41) is 6.07. The predicted octanol–water partition coefficient (Wildman–Crippen LogP) is 3.59. The molecule has 1 heterocycles. The molecule has 0 aliphatic heterocycles. The molecule has 0 aliphatic rings. The van der Waals surface area contributed by atoms with Gasteiger partial charge in [-0.25, -0.2) is 5.43 Å². The normalized spacial score (nSPS) is 11.4. The van der Waals surface area contributed by atoms with Gasteiger partial charge in [0.05, 0.1) is 12.1 Å². The van der Waals surface area contributed by atoms with Gasteiger partial charge in [-0.2, -0.15) is 5.10 Å². The van der Waals surface area contributed by atoms with E-state index in [2.05, 4.69) is 26.5 Å². The number of benzene rings is 1. The van der Waals surface area contributed by atoms with Crippen molar-refractivity contribution >= 4 is 38.9 Å². The molecule has 19 heavy (non-hydrogen) atoms. The number of halogens is 1. The first kappa shape index (κ1) is 14.0. The minimum absolute atomic E-state index is 0.0982. The summed E-state index contributed by atoms with van der Waals surface area (Å²) < 4.78 is 1.02. The van der Waals surface area contributed by atoms with Crippen molar-refractivity contribution in [1.82, 2.24) is 5.43 Å². The Hall–Kier alpha value is -1.46. The molecule has 0 atom stereocenters. The fourth-order valence-corrected chi connectivity index (χ4v) is 2.48. The number of rotatable bonds is 4. The summed E-state index contributed by atoms with van der Waals surface area (Å²) in [5.74, 6) is -0.0982. The average molecular weight is 337 g/mol. The van der Waals surface area contributed by atoms with E-state index in [0.29, 0.717) is 6.42 Å². The van der Waals surface area contributed by atoms with Crippen molar-refractivity contribution < 1.29 is 4.79 Å². The van der Waals surface area contributed by atoms with E-state index in [9.17, 15) is 4.79 Å². The Morgan fingerprint density at radius 1 is 1.32 bits per heavy atom. The van der Waals surface area contributed by atoms with Gasteiger partial charge in [0, 0.05) is 9.35 Å². The number of thiophene rings is 1. The highest BCUT2D eigenvalue weighted by molar-refractivity contribution is 9.10. The number of hydrazone groups is 1. The smallest absolute Gasteiger partial charge is 0.245 e. The lowest BCUT2D eigenvalue weighted by molar-refractivity contribution is -0.120. The molecule has 5 heteroatoms. The largest absolute Gasteiger partial charge is 0.273 e. The average Bonchev–Trinajstić information content (AvgIpc) is 2.89. The molecule has 0 saturated carbocycles. The number of hydrogen-bond acceptors (Lipinski definition) is 3. The zero-order valence-corrected chi connectivity index (χ0v) is 12.8. The van der Waals surface area contributed by atoms with Gasteiger partial charge in [-0.05, 0) is 36.1 Å². The van der Waals surface area contributed by atoms with E-state index in [1.165, 1.54) is 0 Å². The van der Waals surface area contributed by atoms with E-state index in [1.807, 2.05) is 48.7 Å². The lowest BCUT2D eigenvalue weighted by Gasteiger charge is -2.02. The highest BCUT2D eigenvalue weighted by Gasteiger charge is 2.03. The highest BCUT2D eigenvalue weighted by atomic mass is 79.9. The molecule has 1 aromatic carbocycles. The molecule has 0 radical (unpaired) electrons. The zero-order chi connectivity index (χ0) is 13.7. The van der Waals surface area contributed by atoms with Gasteiger partial charge in [0.1, 0.15) is 0 Å². The van der Waals surface area contributed by atoms with Crippen molar-refractivity contribution in [2.75, 3.05) is 0 Å². The molecule has 0 aliphatic carbocycles. The Morgan fingerprint density at radius 3 is 2.68 bits per heavy atom. The number of hydrogen-bond donors (Lipinski definition) is 1. The standard InChI is InChI=1S/C14H13BrN2OS/c1-10(11-4-6-12(15)7-5-11)16-17-14(18)9-13-3-2-8-19-13/h2-8H,9H2,1H3,(H,17,18)/b16-10-. The van der Waals surface area contributed by atoms with E-state index < -0.39 is 0 Å². The summed E-state index contributed by atoms with van der Waals surface area (Å²) in [6, 6.07) is 11.7. The summed E-state index contributed by atoms with van der Waals surface area (Å²) >= 11 is 4.95. The Bertz CT molecular complexity index is 576. The van der Waals surface area contributed by atoms with Crippen LogP contribution in [-0.2, 0) is 11.2 Å². The Balaban J connectivity index is 1.94. The fraction of sp³-hybridized carbons (Fsp3) is 0.143. The first-order valence-electron chi connectivity index (χ1n) is 5.76. The lowest BCUT2D eigenvalue weighted by atomic mass is 10.1. The van der Waals surface area contributed by atoms with Gasteiger partial charge in [-0.15, -0.1) is 11.3 Å². The van der Waals surface area contributed by atoms with Crippen LogP contribution in [-0.4, -0.2) is 11.6 Å². The van der Waals surface area contributed by atoms with Crippen molar-refractivity contribution in [1.29, 1.82) is 0 Å². The number of nitrogens with zero attached hydrogens (tertiary/aromatic N) is 1. The third kappa shape index (κ3) is 4.29. The first-order chi connectivity index (χ1) is 9.15. The van der Waals surface area contributed by atoms with Crippen LogP contribution < -0.4 is 5.43 Å². The second-order valence-electron chi connectivity index (χ2n) is 4.00. The second kappa shape index (κ2) is 6.63. The monoisotopic (exact) mass is 336 g/mol. The molecule has 0 unspecified atom stereocenters. The molecular weight excluding hydrogens is 324 g/mol. The molecular formula is C14H13BrN2OS. The van der Waals surface area contributed by atoms with E-state index >= 15 is 0 Å². The van der Waals surface area contributed by atoms with Gasteiger partial charge < -0.3 is 0 Å². The quantitative estimate of drug-likeness (QED) is 0.672. The Labute approximate surface area is 124 Å². The number of carbonyl (C=O) groups excluding carboxylic acids is 1. The summed E-state index contributed by atoms with van der Waals surface area (Å²) in [6.07, 6.45) is 0.370. The number of amides is 1. The second-order valence-corrected chi connectivity index (χ2v) is 5.94. The molecule has 0 saturated heterocycles. The van der Waals surface area contributed by atoms with Crippen LogP contribution >= 0.6 is 27.3 Å². The third-order valence-electron chi connectivity index (χ3n) is 2.53. The third-order valence-corrected chi connectivity index (χ3v) is 3.93. The SMILES string of the molecule is C/C(=N/NC(=O)Cc1cccs1)c1ccc(Br)cc1. The van der Waals surface area contributed by atoms with E-state index in [1.54, 1.807) is 11.3 Å². The molecule has 0 spiro atoms. The van der Waals surface area contributed by atoms with Crippen LogP contribution in [0.5, 0.6) is 0 Å². The van der Waals surface area contributed by atoms with Crippen molar-refractivity contribution in [3.05, 3.63) is 56.7 Å². The maximum Gasteiger partial charge on any atom is 0.245 e. The van der Waals surface area contributed by atoms with E-state index in [-0.39, 0.29) is 5.91 Å². The van der Waals surface area contributed by atoms with Crippen LogP contribution in [0.4, 0.5) is 0 Å². The molecule has 0 fully saturated rings. The van der Waals surface area contributed by atoms with Crippen LogP contribution in [0.2, 0.25) is 0 Å². The minimum Gasteiger partial charge on any atom is -0.273 e. The molecule has 98 valence electrons. The number of carbonyl (C=O) groups is 1. The maximum absolute atomic E-state index is 11.7. The topological polar surface area (TPSA) is 41.5 Å². The van der Waals surface area contributed by atoms with Gasteiger partial charge in [-0.1, -0.05) is 34.1 Å². The van der Waals surface area contributed by atoms with Crippen LogP contribution in [0.15, 0.2) is 51.4 Å². The van der Waals surface area contributed by atoms with Crippen molar-refractivity contribution in [3.8, 4) is 0 Å². The van der Waals surface area contributed by atoms with Crippen LogP contribution in [0.1, 0.15) is 17.4 Å². The van der Waals surface area contributed by atoms with Crippen molar-refractivity contribution in [2.45, 2.75) is 13.3 Å². The van der Waals surface area contributed by atoms with Gasteiger partial charge in [0.25, 0.3) is 0 Å². The molecule has 1 amide bonds. The Kier molecular flexibility index (Phi) is 4.87. The van der Waals surface area contributed by atoms with Gasteiger partial charge in [0.15, 0.2) is 0 Å². The molecule has 3 nitrogen and oxygen atoms in total. The summed E-state index contributed by atoms with van der Waals surface area (Å²) in [5.41, 5.74) is 4.35. The van der Waals surface area contributed by atoms with Crippen LogP contribution in [0, 0.1) is 0 Å². The first-order valence-corrected chi connectivity index (χ1v) is 7.44. The summed E-state index contributed by atoms with van der Waals surface area (Å²) in [7, 11) is 0. The predicted molar refractivity (Wildman–Crippen MR) is 82.5 cm³/mol. The van der Waals surface area contributed by atoms with Gasteiger partial charge in [-0.3, -0.25) is 4.79 Å². The number of nitrogens with one attached hydrogen (secondary N) is 1. The minimum atomic E-state index is -0.0982. The van der Waals surface area contributed by atoms with Crippen LogP contribution in [0.25, 0.3) is 0 Å². The zero-order valence-electron chi connectivity index (χ0n) is 10.4. The van der Waals surface area contributed by atoms with Gasteiger partial charge >= 0.3 is 0 Å². The van der Waals surface area contributed by atoms with E-state index in [4.69, 9.17) is 0 Å². The molecule has 1 N–H and O–H groups in total. The lowest BCUT2D eigenvalue weighted by Crippen LogP contribution is -2.20. The molecule has 2 rings (SSSR count). The maximum atomic E-state index is 11.7. The van der Waals surface area contributed by atoms with Gasteiger partial charge in [0.2, 0.25) is 5.91 Å². The molecule has 2 aromatic rings. The molecule has 1 aromatic heterocycles. The van der Waals surface area contributed by atoms with E-state index in [0.717, 1.165) is 20.6 Å². The van der Waals surface area contributed by atoms with Crippen LogP contribution in [0.3, 0.4) is 0 Å². The Morgan fingerprint density at radius 2 is 2.05 bits per heavy atom. The van der Waals surface area contributed by atoms with Crippen molar-refractivity contribution in [3.63, 3.8) is 0 Å². The summed E-state index contributed by atoms with van der Waals surface area (Å²) in [4.78, 5) is 12.7. The highest BCUT2D eigenvalue weighted by Crippen LogP contribution is 2.11. The summed E-state index contributed by atoms with van der Waals surface area (Å²) in [6.45, 7) is 1.87. The fourth-order valence-electron chi connectivity index (χ4n) is 1.51. The molecule has 0 bridgehead atoms.